The van der Waals surface area contributed by atoms with Gasteiger partial charge in [0.25, 0.3) is 0 Å². The number of hydrogen-bond donors (Lipinski definition) is 0. The molecule has 0 unspecified atom stereocenters. The Hall–Kier alpha value is -3.42. The largest absolute Gasteiger partial charge is 0.416 e. The molecule has 1 aliphatic heterocycles. The third kappa shape index (κ3) is 2.44. The zero-order chi connectivity index (χ0) is 18.6. The second-order valence-electron chi connectivity index (χ2n) is 6.28. The number of hydrogen-bond acceptors (Lipinski definition) is 3. The summed E-state index contributed by atoms with van der Waals surface area (Å²) >= 11 is 0. The summed E-state index contributed by atoms with van der Waals surface area (Å²) in [5.74, 6) is 0.979. The Morgan fingerprint density at radius 1 is 0.926 bits per heavy atom. The zero-order valence-electron chi connectivity index (χ0n) is 13.9. The maximum Gasteiger partial charge on any atom is 0.416 e. The van der Waals surface area contributed by atoms with E-state index in [0.717, 1.165) is 22.9 Å². The molecule has 5 nitrogen and oxygen atoms in total. The molecular weight excluding hydrogens is 355 g/mol. The lowest BCUT2D eigenvalue weighted by molar-refractivity contribution is -0.137. The Bertz CT molecular complexity index is 1140. The molecular formula is C19H12F3N5. The van der Waals surface area contributed by atoms with Crippen LogP contribution in [0.5, 0.6) is 0 Å². The van der Waals surface area contributed by atoms with Crippen LogP contribution in [0.1, 0.15) is 11.1 Å². The second-order valence-corrected chi connectivity index (χ2v) is 6.28. The van der Waals surface area contributed by atoms with Crippen molar-refractivity contribution in [2.24, 2.45) is 0 Å². The number of aromatic nitrogens is 5. The highest BCUT2D eigenvalue weighted by atomic mass is 19.4. The van der Waals surface area contributed by atoms with Gasteiger partial charge in [0.15, 0.2) is 11.6 Å². The summed E-state index contributed by atoms with van der Waals surface area (Å²) < 4.78 is 43.6. The molecule has 0 spiro atoms. The quantitative estimate of drug-likeness (QED) is 0.447. The van der Waals surface area contributed by atoms with Gasteiger partial charge in [0, 0.05) is 30.7 Å². The molecule has 0 bridgehead atoms. The van der Waals surface area contributed by atoms with Gasteiger partial charge < -0.3 is 4.57 Å². The summed E-state index contributed by atoms with van der Waals surface area (Å²) in [5.41, 5.74) is 2.02. The zero-order valence-corrected chi connectivity index (χ0v) is 13.9. The van der Waals surface area contributed by atoms with Gasteiger partial charge >= 0.3 is 6.18 Å². The van der Waals surface area contributed by atoms with E-state index < -0.39 is 11.7 Å². The van der Waals surface area contributed by atoms with Gasteiger partial charge in [0.05, 0.1) is 16.9 Å². The van der Waals surface area contributed by atoms with Crippen molar-refractivity contribution in [2.75, 3.05) is 0 Å². The van der Waals surface area contributed by atoms with Gasteiger partial charge in [-0.3, -0.25) is 9.55 Å². The van der Waals surface area contributed by atoms with Crippen LogP contribution in [-0.2, 0) is 12.7 Å². The first-order valence-electron chi connectivity index (χ1n) is 8.24. The number of alkyl halides is 3. The minimum Gasteiger partial charge on any atom is -0.340 e. The monoisotopic (exact) mass is 367 g/mol. The molecule has 4 aromatic rings. The van der Waals surface area contributed by atoms with E-state index >= 15 is 0 Å². The van der Waals surface area contributed by atoms with Gasteiger partial charge in [-0.1, -0.05) is 6.07 Å². The minimum atomic E-state index is -4.43. The van der Waals surface area contributed by atoms with Crippen LogP contribution in [0.3, 0.4) is 0 Å². The molecule has 0 amide bonds. The van der Waals surface area contributed by atoms with Crippen LogP contribution >= 0.6 is 0 Å². The van der Waals surface area contributed by atoms with Crippen LogP contribution < -0.4 is 0 Å². The number of pyridine rings is 1. The first kappa shape index (κ1) is 15.8. The van der Waals surface area contributed by atoms with Crippen LogP contribution in [0.15, 0.2) is 61.1 Å². The molecule has 1 aromatic carbocycles. The lowest BCUT2D eigenvalue weighted by Crippen LogP contribution is -2.09. The SMILES string of the molecule is FC(F)(F)c1ccc2c(c1)-n1c(-c3ccncc3)nnc1-c1cccn1C2. The molecule has 4 heterocycles. The maximum absolute atomic E-state index is 13.3. The van der Waals surface area contributed by atoms with Gasteiger partial charge in [-0.25, -0.2) is 0 Å². The van der Waals surface area contributed by atoms with Crippen LogP contribution in [0.4, 0.5) is 13.2 Å². The molecule has 0 aliphatic carbocycles. The van der Waals surface area contributed by atoms with Gasteiger partial charge in [0.2, 0.25) is 0 Å². The van der Waals surface area contributed by atoms with E-state index in [2.05, 4.69) is 15.2 Å². The van der Waals surface area contributed by atoms with E-state index in [4.69, 9.17) is 0 Å². The molecule has 8 heteroatoms. The van der Waals surface area contributed by atoms with Crippen molar-refractivity contribution in [1.29, 1.82) is 0 Å². The van der Waals surface area contributed by atoms with E-state index in [0.29, 0.717) is 23.9 Å². The lowest BCUT2D eigenvalue weighted by atomic mass is 10.1. The van der Waals surface area contributed by atoms with E-state index in [-0.39, 0.29) is 0 Å². The smallest absolute Gasteiger partial charge is 0.340 e. The standard InChI is InChI=1S/C19H12F3N5/c20-19(21,22)14-4-3-13-11-26-9-1-2-15(26)18-25-24-17(27(18)16(13)10-14)12-5-7-23-8-6-12/h1-10H,11H2. The van der Waals surface area contributed by atoms with Crippen molar-refractivity contribution in [3.8, 4) is 28.6 Å². The van der Waals surface area contributed by atoms with Crippen LogP contribution in [0.25, 0.3) is 28.6 Å². The number of fused-ring (bicyclic) bond motifs is 5. The topological polar surface area (TPSA) is 48.5 Å². The summed E-state index contributed by atoms with van der Waals surface area (Å²) in [4.78, 5) is 3.99. The van der Waals surface area contributed by atoms with Gasteiger partial charge in [-0.05, 0) is 42.0 Å². The summed E-state index contributed by atoms with van der Waals surface area (Å²) in [6.07, 6.45) is 0.682. The van der Waals surface area contributed by atoms with Gasteiger partial charge in [-0.15, -0.1) is 10.2 Å². The van der Waals surface area contributed by atoms with Crippen LogP contribution in [0, 0.1) is 0 Å². The Balaban J connectivity index is 1.84. The highest BCUT2D eigenvalue weighted by molar-refractivity contribution is 5.68. The fraction of sp³-hybridized carbons (Fsp3) is 0.105. The van der Waals surface area contributed by atoms with Gasteiger partial charge in [-0.2, -0.15) is 13.2 Å². The molecule has 0 N–H and O–H groups in total. The molecule has 0 radical (unpaired) electrons. The molecule has 0 saturated heterocycles. The molecule has 1 aliphatic rings. The third-order valence-corrected chi connectivity index (χ3v) is 4.65. The first-order chi connectivity index (χ1) is 13.0. The predicted octanol–water partition coefficient (Wildman–Crippen LogP) is 4.18. The minimum absolute atomic E-state index is 0.431. The van der Waals surface area contributed by atoms with E-state index in [1.807, 2.05) is 22.9 Å². The lowest BCUT2D eigenvalue weighted by Gasteiger charge is -2.15. The third-order valence-electron chi connectivity index (χ3n) is 4.65. The Morgan fingerprint density at radius 2 is 1.70 bits per heavy atom. The van der Waals surface area contributed by atoms with Crippen molar-refractivity contribution in [2.45, 2.75) is 12.7 Å². The van der Waals surface area contributed by atoms with Crippen molar-refractivity contribution < 1.29 is 13.2 Å². The summed E-state index contributed by atoms with van der Waals surface area (Å²) in [5, 5.41) is 8.56. The molecule has 0 saturated carbocycles. The summed E-state index contributed by atoms with van der Waals surface area (Å²) in [7, 11) is 0. The number of nitrogens with zero attached hydrogens (tertiary/aromatic N) is 5. The summed E-state index contributed by atoms with van der Waals surface area (Å²) in [6, 6.07) is 11.1. The highest BCUT2D eigenvalue weighted by Gasteiger charge is 2.33. The molecule has 134 valence electrons. The molecule has 5 rings (SSSR count). The van der Waals surface area contributed by atoms with E-state index in [9.17, 15) is 13.2 Å². The van der Waals surface area contributed by atoms with Crippen molar-refractivity contribution >= 4 is 0 Å². The number of rotatable bonds is 1. The molecule has 0 fully saturated rings. The van der Waals surface area contributed by atoms with E-state index in [1.54, 1.807) is 29.1 Å². The first-order valence-corrected chi connectivity index (χ1v) is 8.24. The molecule has 27 heavy (non-hydrogen) atoms. The Labute approximate surface area is 151 Å². The van der Waals surface area contributed by atoms with Crippen molar-refractivity contribution in [3.63, 3.8) is 0 Å². The predicted molar refractivity (Wildman–Crippen MR) is 92.1 cm³/mol. The van der Waals surface area contributed by atoms with Crippen molar-refractivity contribution in [3.05, 3.63) is 72.2 Å². The summed E-state index contributed by atoms with van der Waals surface area (Å²) in [6.45, 7) is 0.453. The average Bonchev–Trinajstić information content (AvgIpc) is 3.26. The maximum atomic E-state index is 13.3. The van der Waals surface area contributed by atoms with E-state index in [1.165, 1.54) is 12.1 Å². The Morgan fingerprint density at radius 3 is 2.48 bits per heavy atom. The number of halogens is 3. The number of benzene rings is 1. The van der Waals surface area contributed by atoms with Crippen LogP contribution in [-0.4, -0.2) is 24.3 Å². The van der Waals surface area contributed by atoms with Crippen molar-refractivity contribution in [1.82, 2.24) is 24.3 Å². The van der Waals surface area contributed by atoms with Crippen LogP contribution in [0.2, 0.25) is 0 Å². The fourth-order valence-corrected chi connectivity index (χ4v) is 3.39. The van der Waals surface area contributed by atoms with Gasteiger partial charge in [0.1, 0.15) is 0 Å². The average molecular weight is 367 g/mol. The normalized spacial score (nSPS) is 12.9. The molecule has 3 aromatic heterocycles. The molecule has 0 atom stereocenters. The Kier molecular flexibility index (Phi) is 3.24. The fourth-order valence-electron chi connectivity index (χ4n) is 3.39. The highest BCUT2D eigenvalue weighted by Crippen LogP contribution is 2.37. The second kappa shape index (κ2) is 5.54.